The first-order valence-electron chi connectivity index (χ1n) is 5.27. The van der Waals surface area contributed by atoms with Gasteiger partial charge < -0.3 is 4.74 Å². The lowest BCUT2D eigenvalue weighted by molar-refractivity contribution is 0.414. The molecule has 0 aromatic heterocycles. The maximum Gasteiger partial charge on any atom is 0.240 e. The monoisotopic (exact) mass is 277 g/mol. The Balaban J connectivity index is 2.75. The molecule has 1 unspecified atom stereocenters. The van der Waals surface area contributed by atoms with E-state index in [0.717, 1.165) is 0 Å². The molecule has 17 heavy (non-hydrogen) atoms. The molecule has 1 aromatic carbocycles. The maximum absolute atomic E-state index is 11.8. The van der Waals surface area contributed by atoms with Gasteiger partial charge in [0.2, 0.25) is 10.0 Å². The summed E-state index contributed by atoms with van der Waals surface area (Å²) < 4.78 is 31.1. The minimum atomic E-state index is -3.48. The molecule has 1 rings (SSSR count). The van der Waals surface area contributed by atoms with E-state index >= 15 is 0 Å². The van der Waals surface area contributed by atoms with Gasteiger partial charge >= 0.3 is 0 Å². The van der Waals surface area contributed by atoms with Gasteiger partial charge in [0, 0.05) is 11.9 Å². The Hall–Kier alpha value is -0.780. The van der Waals surface area contributed by atoms with Crippen LogP contribution in [0.2, 0.25) is 0 Å². The Labute approximate surface area is 107 Å². The zero-order valence-corrected chi connectivity index (χ0v) is 11.4. The number of alkyl halides is 1. The van der Waals surface area contributed by atoms with E-state index in [9.17, 15) is 8.42 Å². The van der Waals surface area contributed by atoms with Gasteiger partial charge in [0.1, 0.15) is 5.75 Å². The van der Waals surface area contributed by atoms with E-state index in [1.54, 1.807) is 12.1 Å². The lowest BCUT2D eigenvalue weighted by Crippen LogP contribution is -2.29. The summed E-state index contributed by atoms with van der Waals surface area (Å²) in [6, 6.07) is 6.20. The molecular weight excluding hydrogens is 262 g/mol. The average Bonchev–Trinajstić information content (AvgIpc) is 2.36. The second kappa shape index (κ2) is 6.23. The fourth-order valence-corrected chi connectivity index (χ4v) is 2.43. The van der Waals surface area contributed by atoms with Crippen molar-refractivity contribution in [3.05, 3.63) is 24.3 Å². The predicted molar refractivity (Wildman–Crippen MR) is 68.1 cm³/mol. The number of hydrogen-bond donors (Lipinski definition) is 1. The van der Waals surface area contributed by atoms with Gasteiger partial charge in [0.25, 0.3) is 0 Å². The third kappa shape index (κ3) is 4.18. The van der Waals surface area contributed by atoms with Gasteiger partial charge in [-0.1, -0.05) is 6.92 Å². The molecule has 0 spiro atoms. The minimum absolute atomic E-state index is 0.192. The molecule has 0 radical (unpaired) electrons. The van der Waals surface area contributed by atoms with Gasteiger partial charge in [-0.05, 0) is 30.7 Å². The van der Waals surface area contributed by atoms with Crippen LogP contribution in [-0.2, 0) is 10.0 Å². The Kier molecular flexibility index (Phi) is 5.24. The van der Waals surface area contributed by atoms with Gasteiger partial charge in [-0.25, -0.2) is 13.1 Å². The van der Waals surface area contributed by atoms with E-state index in [0.29, 0.717) is 12.2 Å². The van der Waals surface area contributed by atoms with Gasteiger partial charge in [-0.3, -0.25) is 0 Å². The second-order valence-electron chi connectivity index (χ2n) is 3.53. The van der Waals surface area contributed by atoms with Crippen molar-refractivity contribution in [1.82, 2.24) is 4.72 Å². The van der Waals surface area contributed by atoms with Crippen LogP contribution < -0.4 is 9.46 Å². The number of rotatable bonds is 6. The fourth-order valence-electron chi connectivity index (χ4n) is 1.18. The summed E-state index contributed by atoms with van der Waals surface area (Å²) in [5.41, 5.74) is 0. The van der Waals surface area contributed by atoms with Crippen LogP contribution in [0.3, 0.4) is 0 Å². The minimum Gasteiger partial charge on any atom is -0.497 e. The molecule has 0 fully saturated rings. The van der Waals surface area contributed by atoms with Crippen molar-refractivity contribution in [1.29, 1.82) is 0 Å². The Morgan fingerprint density at radius 3 is 2.41 bits per heavy atom. The first kappa shape index (κ1) is 14.3. The largest absolute Gasteiger partial charge is 0.497 e. The maximum atomic E-state index is 11.8. The topological polar surface area (TPSA) is 55.4 Å². The van der Waals surface area contributed by atoms with Crippen LogP contribution in [0.4, 0.5) is 0 Å². The van der Waals surface area contributed by atoms with Crippen LogP contribution in [0, 0.1) is 0 Å². The highest BCUT2D eigenvalue weighted by molar-refractivity contribution is 7.89. The van der Waals surface area contributed by atoms with Crippen molar-refractivity contribution >= 4 is 21.6 Å². The summed E-state index contributed by atoms with van der Waals surface area (Å²) in [6.07, 6.45) is 0.715. The summed E-state index contributed by atoms with van der Waals surface area (Å²) in [7, 11) is -1.95. The highest BCUT2D eigenvalue weighted by atomic mass is 35.5. The fraction of sp³-hybridized carbons (Fsp3) is 0.455. The molecular formula is C11H16ClNO3S. The van der Waals surface area contributed by atoms with E-state index in [4.69, 9.17) is 16.3 Å². The van der Waals surface area contributed by atoms with Crippen LogP contribution in [-0.4, -0.2) is 27.4 Å². The smallest absolute Gasteiger partial charge is 0.240 e. The molecule has 6 heteroatoms. The quantitative estimate of drug-likeness (QED) is 0.809. The number of sulfonamides is 1. The zero-order chi connectivity index (χ0) is 12.9. The Morgan fingerprint density at radius 1 is 1.35 bits per heavy atom. The number of ether oxygens (including phenoxy) is 1. The second-order valence-corrected chi connectivity index (χ2v) is 5.92. The van der Waals surface area contributed by atoms with Gasteiger partial charge in [-0.2, -0.15) is 0 Å². The van der Waals surface area contributed by atoms with E-state index in [-0.39, 0.29) is 16.8 Å². The Morgan fingerprint density at radius 2 is 1.94 bits per heavy atom. The summed E-state index contributed by atoms with van der Waals surface area (Å²) in [6.45, 7) is 2.13. The Bertz CT molecular complexity index is 444. The van der Waals surface area contributed by atoms with E-state index in [2.05, 4.69) is 4.72 Å². The lowest BCUT2D eigenvalue weighted by atomic mass is 10.3. The standard InChI is InChI=1S/C11H16ClNO3S/c1-3-9(12)8-13-17(14,15)11-6-4-10(16-2)5-7-11/h4-7,9,13H,3,8H2,1-2H3. The van der Waals surface area contributed by atoms with Crippen molar-refractivity contribution in [2.75, 3.05) is 13.7 Å². The SMILES string of the molecule is CCC(Cl)CNS(=O)(=O)c1ccc(OC)cc1. The molecule has 1 N–H and O–H groups in total. The summed E-state index contributed by atoms with van der Waals surface area (Å²) in [5.74, 6) is 0.618. The third-order valence-corrected chi connectivity index (χ3v) is 4.21. The molecule has 0 heterocycles. The van der Waals surface area contributed by atoms with Gasteiger partial charge in [0.15, 0.2) is 0 Å². The van der Waals surface area contributed by atoms with E-state index < -0.39 is 10.0 Å². The molecule has 0 aliphatic heterocycles. The number of halogens is 1. The molecule has 0 aliphatic rings. The van der Waals surface area contributed by atoms with Crippen molar-refractivity contribution in [3.8, 4) is 5.75 Å². The number of hydrogen-bond acceptors (Lipinski definition) is 3. The molecule has 0 saturated carbocycles. The molecule has 4 nitrogen and oxygen atoms in total. The highest BCUT2D eigenvalue weighted by Gasteiger charge is 2.15. The number of nitrogens with one attached hydrogen (secondary N) is 1. The lowest BCUT2D eigenvalue weighted by Gasteiger charge is -2.09. The van der Waals surface area contributed by atoms with Gasteiger partial charge in [-0.15, -0.1) is 11.6 Å². The molecule has 0 bridgehead atoms. The van der Waals surface area contributed by atoms with Gasteiger partial charge in [0.05, 0.1) is 12.0 Å². The average molecular weight is 278 g/mol. The molecule has 0 aliphatic carbocycles. The molecule has 0 amide bonds. The van der Waals surface area contributed by atoms with E-state index in [1.807, 2.05) is 6.92 Å². The van der Waals surface area contributed by atoms with E-state index in [1.165, 1.54) is 19.2 Å². The van der Waals surface area contributed by atoms with Crippen LogP contribution in [0.5, 0.6) is 5.75 Å². The number of benzene rings is 1. The van der Waals surface area contributed by atoms with Crippen molar-refractivity contribution in [2.45, 2.75) is 23.6 Å². The molecule has 1 aromatic rings. The molecule has 0 saturated heterocycles. The number of methoxy groups -OCH3 is 1. The van der Waals surface area contributed by atoms with Crippen molar-refractivity contribution < 1.29 is 13.2 Å². The molecule has 1 atom stereocenters. The van der Waals surface area contributed by atoms with Crippen LogP contribution in [0.25, 0.3) is 0 Å². The van der Waals surface area contributed by atoms with Crippen LogP contribution in [0.1, 0.15) is 13.3 Å². The summed E-state index contributed by atoms with van der Waals surface area (Å²) in [5, 5.41) is -0.192. The predicted octanol–water partition coefficient (Wildman–Crippen LogP) is 1.99. The molecule has 96 valence electrons. The highest BCUT2D eigenvalue weighted by Crippen LogP contribution is 2.15. The summed E-state index contributed by atoms with van der Waals surface area (Å²) >= 11 is 5.86. The van der Waals surface area contributed by atoms with Crippen LogP contribution >= 0.6 is 11.6 Å². The first-order chi connectivity index (χ1) is 7.99. The van der Waals surface area contributed by atoms with Crippen LogP contribution in [0.15, 0.2) is 29.2 Å². The van der Waals surface area contributed by atoms with Crippen molar-refractivity contribution in [2.24, 2.45) is 0 Å². The van der Waals surface area contributed by atoms with Crippen molar-refractivity contribution in [3.63, 3.8) is 0 Å². The normalized spacial score (nSPS) is 13.4. The third-order valence-electron chi connectivity index (χ3n) is 2.31. The zero-order valence-electron chi connectivity index (χ0n) is 9.81. The summed E-state index contributed by atoms with van der Waals surface area (Å²) in [4.78, 5) is 0.207. The first-order valence-corrected chi connectivity index (χ1v) is 7.19.